The Bertz CT molecular complexity index is 1340. The molecule has 8 heteroatoms. The molecule has 0 atom stereocenters. The summed E-state index contributed by atoms with van der Waals surface area (Å²) in [5.74, 6) is -2.89. The van der Waals surface area contributed by atoms with Gasteiger partial charge in [-0.3, -0.25) is 9.59 Å². The van der Waals surface area contributed by atoms with Crippen LogP contribution in [-0.2, 0) is 9.59 Å². The Kier molecular flexibility index (Phi) is 5.91. The second-order valence-electron chi connectivity index (χ2n) is 7.58. The fourth-order valence-electron chi connectivity index (χ4n) is 3.76. The summed E-state index contributed by atoms with van der Waals surface area (Å²) in [7, 11) is 1.48. The van der Waals surface area contributed by atoms with Gasteiger partial charge in [-0.25, -0.2) is 13.7 Å². The highest BCUT2D eigenvalue weighted by Crippen LogP contribution is 2.37. The maximum absolute atomic E-state index is 14.5. The highest BCUT2D eigenvalue weighted by Gasteiger charge is 2.41. The average Bonchev–Trinajstić information content (AvgIpc) is 2.98. The van der Waals surface area contributed by atoms with E-state index in [0.717, 1.165) is 23.3 Å². The first-order valence-electron chi connectivity index (χ1n) is 9.97. The van der Waals surface area contributed by atoms with Gasteiger partial charge in [-0.15, -0.1) is 0 Å². The van der Waals surface area contributed by atoms with E-state index in [0.29, 0.717) is 33.0 Å². The first kappa shape index (κ1) is 22.5. The number of benzene rings is 3. The van der Waals surface area contributed by atoms with Crippen molar-refractivity contribution in [3.8, 4) is 5.75 Å². The topological polar surface area (TPSA) is 58.6 Å². The Balaban J connectivity index is 1.86. The van der Waals surface area contributed by atoms with Crippen molar-refractivity contribution in [2.75, 3.05) is 17.3 Å². The van der Waals surface area contributed by atoms with E-state index in [4.69, 9.17) is 16.3 Å². The molecule has 1 aliphatic heterocycles. The molecule has 33 heavy (non-hydrogen) atoms. The molecule has 0 radical (unpaired) electrons. The molecule has 3 aromatic rings. The quantitative estimate of drug-likeness (QED) is 0.492. The molecule has 1 N–H and O–H groups in total. The van der Waals surface area contributed by atoms with E-state index >= 15 is 0 Å². The second kappa shape index (κ2) is 8.67. The first-order chi connectivity index (χ1) is 15.7. The number of halogens is 3. The number of imide groups is 1. The summed E-state index contributed by atoms with van der Waals surface area (Å²) in [5, 5.41) is 3.27. The molecule has 0 saturated carbocycles. The van der Waals surface area contributed by atoms with Crippen LogP contribution in [0.25, 0.3) is 5.57 Å². The van der Waals surface area contributed by atoms with Gasteiger partial charge in [0.2, 0.25) is 0 Å². The lowest BCUT2D eigenvalue weighted by Crippen LogP contribution is -2.33. The Morgan fingerprint density at radius 1 is 0.939 bits per heavy atom. The van der Waals surface area contributed by atoms with Gasteiger partial charge in [0.25, 0.3) is 11.8 Å². The molecule has 1 aliphatic rings. The molecule has 5 nitrogen and oxygen atoms in total. The molecule has 0 aromatic heterocycles. The monoisotopic (exact) mass is 468 g/mol. The summed E-state index contributed by atoms with van der Waals surface area (Å²) >= 11 is 6.21. The van der Waals surface area contributed by atoms with Crippen LogP contribution >= 0.6 is 11.6 Å². The van der Waals surface area contributed by atoms with Crippen LogP contribution in [0, 0.1) is 25.5 Å². The lowest BCUT2D eigenvalue weighted by atomic mass is 9.97. The number of anilines is 2. The molecule has 0 aliphatic carbocycles. The van der Waals surface area contributed by atoms with E-state index in [9.17, 15) is 18.4 Å². The van der Waals surface area contributed by atoms with Crippen LogP contribution in [0.2, 0.25) is 5.02 Å². The van der Waals surface area contributed by atoms with Crippen molar-refractivity contribution in [3.05, 3.63) is 93.6 Å². The Labute approximate surface area is 194 Å². The molecule has 0 unspecified atom stereocenters. The summed E-state index contributed by atoms with van der Waals surface area (Å²) < 4.78 is 33.1. The number of nitrogens with one attached hydrogen (secondary N) is 1. The van der Waals surface area contributed by atoms with Crippen molar-refractivity contribution in [2.45, 2.75) is 13.8 Å². The van der Waals surface area contributed by atoms with Crippen molar-refractivity contribution in [1.29, 1.82) is 0 Å². The fourth-order valence-corrected chi connectivity index (χ4v) is 4.02. The standard InChI is InChI=1S/C25H19ClF2N2O3/c1-13-4-7-17(14(2)10-13)22-23(29-16-6-9-21(33-3)18(26)12-16)25(32)30(24(22)31)20-8-5-15(27)11-19(20)28/h4-12,29H,1-3H3. The highest BCUT2D eigenvalue weighted by molar-refractivity contribution is 6.46. The third-order valence-corrected chi connectivity index (χ3v) is 5.60. The number of hydrogen-bond donors (Lipinski definition) is 1. The van der Waals surface area contributed by atoms with E-state index in [1.54, 1.807) is 24.3 Å². The molecule has 4 rings (SSSR count). The number of nitrogens with zero attached hydrogens (tertiary/aromatic N) is 1. The van der Waals surface area contributed by atoms with Crippen molar-refractivity contribution < 1.29 is 23.1 Å². The summed E-state index contributed by atoms with van der Waals surface area (Å²) in [6, 6.07) is 12.9. The zero-order chi connectivity index (χ0) is 23.9. The lowest BCUT2D eigenvalue weighted by molar-refractivity contribution is -0.120. The SMILES string of the molecule is COc1ccc(NC2=C(c3ccc(C)cc3C)C(=O)N(c3ccc(F)cc3F)C2=O)cc1Cl. The third kappa shape index (κ3) is 4.07. The predicted molar refractivity (Wildman–Crippen MR) is 123 cm³/mol. The number of carbonyl (C=O) groups is 2. The number of ether oxygens (including phenoxy) is 1. The van der Waals surface area contributed by atoms with Crippen molar-refractivity contribution in [1.82, 2.24) is 0 Å². The molecule has 1 heterocycles. The number of rotatable bonds is 5. The van der Waals surface area contributed by atoms with Gasteiger partial charge in [-0.1, -0.05) is 35.4 Å². The van der Waals surface area contributed by atoms with Gasteiger partial charge < -0.3 is 10.1 Å². The largest absolute Gasteiger partial charge is 0.495 e. The fraction of sp³-hybridized carbons (Fsp3) is 0.120. The molecule has 0 saturated heterocycles. The number of aryl methyl sites for hydroxylation is 2. The van der Waals surface area contributed by atoms with Gasteiger partial charge >= 0.3 is 0 Å². The number of carbonyl (C=O) groups excluding carboxylic acids is 2. The van der Waals surface area contributed by atoms with Crippen LogP contribution in [0.1, 0.15) is 16.7 Å². The minimum atomic E-state index is -1.02. The van der Waals surface area contributed by atoms with Gasteiger partial charge in [-0.2, -0.15) is 0 Å². The summed E-state index contributed by atoms with van der Waals surface area (Å²) in [6.45, 7) is 3.72. The predicted octanol–water partition coefficient (Wildman–Crippen LogP) is 5.64. The molecule has 0 spiro atoms. The summed E-state index contributed by atoms with van der Waals surface area (Å²) in [6.07, 6.45) is 0. The maximum atomic E-state index is 14.5. The van der Waals surface area contributed by atoms with Crippen LogP contribution in [0.4, 0.5) is 20.2 Å². The van der Waals surface area contributed by atoms with Crippen molar-refractivity contribution in [2.24, 2.45) is 0 Å². The van der Waals surface area contributed by atoms with E-state index in [1.807, 2.05) is 26.0 Å². The third-order valence-electron chi connectivity index (χ3n) is 5.31. The van der Waals surface area contributed by atoms with E-state index in [2.05, 4.69) is 5.32 Å². The number of methoxy groups -OCH3 is 1. The van der Waals surface area contributed by atoms with Gasteiger partial charge in [0.05, 0.1) is 23.4 Å². The molecule has 3 aromatic carbocycles. The molecular weight excluding hydrogens is 450 g/mol. The van der Waals surface area contributed by atoms with E-state index in [1.165, 1.54) is 7.11 Å². The van der Waals surface area contributed by atoms with Crippen LogP contribution < -0.4 is 15.0 Å². The van der Waals surface area contributed by atoms with E-state index < -0.39 is 23.4 Å². The van der Waals surface area contributed by atoms with Crippen molar-refractivity contribution >= 4 is 40.4 Å². The van der Waals surface area contributed by atoms with Crippen LogP contribution in [0.3, 0.4) is 0 Å². The Morgan fingerprint density at radius 3 is 2.33 bits per heavy atom. The molecule has 0 fully saturated rings. The number of amides is 2. The second-order valence-corrected chi connectivity index (χ2v) is 7.99. The smallest absolute Gasteiger partial charge is 0.282 e. The average molecular weight is 469 g/mol. The van der Waals surface area contributed by atoms with Gasteiger partial charge in [0, 0.05) is 11.8 Å². The minimum absolute atomic E-state index is 0.0445. The Hall–Kier alpha value is -3.71. The molecule has 168 valence electrons. The number of hydrogen-bond acceptors (Lipinski definition) is 4. The zero-order valence-corrected chi connectivity index (χ0v) is 18.8. The molecular formula is C25H19ClF2N2O3. The maximum Gasteiger partial charge on any atom is 0.282 e. The summed E-state index contributed by atoms with van der Waals surface area (Å²) in [5.41, 5.74) is 2.39. The Morgan fingerprint density at radius 2 is 1.70 bits per heavy atom. The minimum Gasteiger partial charge on any atom is -0.495 e. The molecule has 0 bridgehead atoms. The normalized spacial score (nSPS) is 13.7. The lowest BCUT2D eigenvalue weighted by Gasteiger charge is -2.16. The summed E-state index contributed by atoms with van der Waals surface area (Å²) in [4.78, 5) is 27.6. The van der Waals surface area contributed by atoms with Crippen LogP contribution in [0.5, 0.6) is 5.75 Å². The van der Waals surface area contributed by atoms with E-state index in [-0.39, 0.29) is 17.0 Å². The highest BCUT2D eigenvalue weighted by atomic mass is 35.5. The molecule has 2 amide bonds. The van der Waals surface area contributed by atoms with Crippen LogP contribution in [0.15, 0.2) is 60.3 Å². The van der Waals surface area contributed by atoms with Gasteiger partial charge in [-0.05, 0) is 55.3 Å². The first-order valence-corrected chi connectivity index (χ1v) is 10.4. The zero-order valence-electron chi connectivity index (χ0n) is 18.0. The van der Waals surface area contributed by atoms with Gasteiger partial charge in [0.1, 0.15) is 23.1 Å². The van der Waals surface area contributed by atoms with Crippen LogP contribution in [-0.4, -0.2) is 18.9 Å². The van der Waals surface area contributed by atoms with Gasteiger partial charge in [0.15, 0.2) is 0 Å². The van der Waals surface area contributed by atoms with Crippen molar-refractivity contribution in [3.63, 3.8) is 0 Å².